The van der Waals surface area contributed by atoms with Crippen LogP contribution in [0.3, 0.4) is 0 Å². The normalized spacial score (nSPS) is 16.5. The number of methoxy groups -OCH3 is 1. The first kappa shape index (κ1) is 12.2. The van der Waals surface area contributed by atoms with E-state index in [4.69, 9.17) is 9.47 Å². The highest BCUT2D eigenvalue weighted by molar-refractivity contribution is 5.44. The fourth-order valence-corrected chi connectivity index (χ4v) is 1.82. The summed E-state index contributed by atoms with van der Waals surface area (Å²) >= 11 is 0. The van der Waals surface area contributed by atoms with Gasteiger partial charge in [0, 0.05) is 0 Å². The molecular formula is C14H20O3. The van der Waals surface area contributed by atoms with Crippen molar-refractivity contribution in [2.24, 2.45) is 0 Å². The molecule has 1 saturated carbocycles. The summed E-state index contributed by atoms with van der Waals surface area (Å²) in [4.78, 5) is 0. The molecule has 0 aromatic heterocycles. The van der Waals surface area contributed by atoms with Gasteiger partial charge >= 0.3 is 0 Å². The molecule has 0 spiro atoms. The second kappa shape index (κ2) is 4.57. The third kappa shape index (κ3) is 2.72. The Morgan fingerprint density at radius 3 is 2.41 bits per heavy atom. The van der Waals surface area contributed by atoms with Crippen molar-refractivity contribution in [3.05, 3.63) is 23.8 Å². The van der Waals surface area contributed by atoms with Gasteiger partial charge in [-0.05, 0) is 50.8 Å². The Balaban J connectivity index is 2.25. The molecule has 3 nitrogen and oxygen atoms in total. The van der Waals surface area contributed by atoms with Gasteiger partial charge in [-0.15, -0.1) is 0 Å². The van der Waals surface area contributed by atoms with Gasteiger partial charge in [0.05, 0.1) is 18.8 Å². The molecule has 0 heterocycles. The van der Waals surface area contributed by atoms with E-state index in [9.17, 15) is 5.11 Å². The summed E-state index contributed by atoms with van der Waals surface area (Å²) in [5.74, 6) is 1.46. The van der Waals surface area contributed by atoms with E-state index < -0.39 is 5.60 Å². The fraction of sp³-hybridized carbons (Fsp3) is 0.571. The molecular weight excluding hydrogens is 216 g/mol. The predicted octanol–water partition coefficient (Wildman–Crippen LogP) is 2.85. The van der Waals surface area contributed by atoms with Crippen LogP contribution in [0, 0.1) is 0 Å². The Bertz CT molecular complexity index is 389. The molecule has 0 unspecified atom stereocenters. The number of aliphatic hydroxyl groups is 1. The van der Waals surface area contributed by atoms with Crippen molar-refractivity contribution in [3.63, 3.8) is 0 Å². The topological polar surface area (TPSA) is 38.7 Å². The van der Waals surface area contributed by atoms with Gasteiger partial charge < -0.3 is 14.6 Å². The van der Waals surface area contributed by atoms with E-state index in [1.54, 1.807) is 21.0 Å². The van der Waals surface area contributed by atoms with Gasteiger partial charge in [-0.2, -0.15) is 0 Å². The third-order valence-electron chi connectivity index (χ3n) is 3.22. The molecule has 1 aromatic carbocycles. The average molecular weight is 236 g/mol. The number of benzene rings is 1. The zero-order chi connectivity index (χ0) is 12.5. The van der Waals surface area contributed by atoms with Gasteiger partial charge in [0.15, 0.2) is 11.5 Å². The Morgan fingerprint density at radius 2 is 1.94 bits per heavy atom. The highest BCUT2D eigenvalue weighted by Gasteiger charge is 2.23. The Kier molecular flexibility index (Phi) is 3.29. The van der Waals surface area contributed by atoms with Gasteiger partial charge in [0.2, 0.25) is 0 Å². The van der Waals surface area contributed by atoms with Crippen LogP contribution < -0.4 is 9.47 Å². The Morgan fingerprint density at radius 1 is 1.24 bits per heavy atom. The summed E-state index contributed by atoms with van der Waals surface area (Å²) in [5, 5.41) is 9.99. The van der Waals surface area contributed by atoms with E-state index >= 15 is 0 Å². The quantitative estimate of drug-likeness (QED) is 0.873. The molecule has 0 saturated heterocycles. The van der Waals surface area contributed by atoms with Crippen LogP contribution in [0.25, 0.3) is 0 Å². The highest BCUT2D eigenvalue weighted by atomic mass is 16.5. The molecule has 0 atom stereocenters. The molecule has 0 bridgehead atoms. The molecule has 3 heteroatoms. The molecule has 1 fully saturated rings. The van der Waals surface area contributed by atoms with Crippen LogP contribution in [0.5, 0.6) is 11.5 Å². The lowest BCUT2D eigenvalue weighted by molar-refractivity contribution is 0.0767. The second-order valence-corrected chi connectivity index (χ2v) is 5.10. The maximum atomic E-state index is 9.99. The molecule has 1 aromatic rings. The maximum Gasteiger partial charge on any atom is 0.161 e. The largest absolute Gasteiger partial charge is 0.493 e. The zero-order valence-electron chi connectivity index (χ0n) is 10.7. The summed E-state index contributed by atoms with van der Waals surface area (Å²) < 4.78 is 11.1. The number of hydrogen-bond acceptors (Lipinski definition) is 3. The van der Waals surface area contributed by atoms with Crippen LogP contribution in [0.1, 0.15) is 38.7 Å². The fourth-order valence-electron chi connectivity index (χ4n) is 1.82. The predicted molar refractivity (Wildman–Crippen MR) is 66.5 cm³/mol. The first-order valence-electron chi connectivity index (χ1n) is 6.08. The van der Waals surface area contributed by atoms with E-state index in [-0.39, 0.29) is 0 Å². The summed E-state index contributed by atoms with van der Waals surface area (Å²) in [7, 11) is 1.63. The van der Waals surface area contributed by atoms with Crippen molar-refractivity contribution in [1.29, 1.82) is 0 Å². The van der Waals surface area contributed by atoms with Gasteiger partial charge in [-0.25, -0.2) is 0 Å². The van der Waals surface area contributed by atoms with Gasteiger partial charge in [-0.1, -0.05) is 6.07 Å². The molecule has 1 aliphatic carbocycles. The molecule has 0 amide bonds. The van der Waals surface area contributed by atoms with Crippen LogP contribution in [0.4, 0.5) is 0 Å². The third-order valence-corrected chi connectivity index (χ3v) is 3.22. The smallest absolute Gasteiger partial charge is 0.161 e. The first-order valence-corrected chi connectivity index (χ1v) is 6.08. The zero-order valence-corrected chi connectivity index (χ0v) is 10.7. The molecule has 2 rings (SSSR count). The summed E-state index contributed by atoms with van der Waals surface area (Å²) in [6.45, 7) is 3.53. The Hall–Kier alpha value is -1.22. The van der Waals surface area contributed by atoms with Gasteiger partial charge in [0.25, 0.3) is 0 Å². The monoisotopic (exact) mass is 236 g/mol. The minimum atomic E-state index is -0.857. The van der Waals surface area contributed by atoms with E-state index in [1.807, 2.05) is 18.2 Å². The molecule has 94 valence electrons. The number of hydrogen-bond donors (Lipinski definition) is 1. The van der Waals surface area contributed by atoms with Crippen LogP contribution in [0.15, 0.2) is 18.2 Å². The van der Waals surface area contributed by atoms with Crippen molar-refractivity contribution in [2.45, 2.75) is 44.8 Å². The summed E-state index contributed by atoms with van der Waals surface area (Å²) in [6, 6.07) is 5.59. The van der Waals surface area contributed by atoms with E-state index in [0.717, 1.165) is 29.9 Å². The first-order chi connectivity index (χ1) is 8.00. The number of ether oxygens (including phenoxy) is 2. The van der Waals surface area contributed by atoms with E-state index in [1.165, 1.54) is 6.42 Å². The van der Waals surface area contributed by atoms with Gasteiger partial charge in [0.1, 0.15) is 0 Å². The summed E-state index contributed by atoms with van der Waals surface area (Å²) in [5.41, 5.74) is -0.0168. The Labute approximate surface area is 102 Å². The average Bonchev–Trinajstić information content (AvgIpc) is 2.22. The molecule has 1 N–H and O–H groups in total. The SMILES string of the molecule is COc1ccc(C(C)(C)O)cc1OC1CCC1. The lowest BCUT2D eigenvalue weighted by Crippen LogP contribution is -2.25. The van der Waals surface area contributed by atoms with Crippen LogP contribution in [-0.2, 0) is 5.60 Å². The molecule has 17 heavy (non-hydrogen) atoms. The lowest BCUT2D eigenvalue weighted by atomic mass is 9.95. The minimum Gasteiger partial charge on any atom is -0.493 e. The van der Waals surface area contributed by atoms with Crippen molar-refractivity contribution in [1.82, 2.24) is 0 Å². The van der Waals surface area contributed by atoms with Crippen LogP contribution in [0.2, 0.25) is 0 Å². The van der Waals surface area contributed by atoms with Gasteiger partial charge in [-0.3, -0.25) is 0 Å². The molecule has 1 aliphatic rings. The van der Waals surface area contributed by atoms with Crippen molar-refractivity contribution >= 4 is 0 Å². The minimum absolute atomic E-state index is 0.306. The van der Waals surface area contributed by atoms with E-state index in [2.05, 4.69) is 0 Å². The van der Waals surface area contributed by atoms with Crippen LogP contribution in [-0.4, -0.2) is 18.3 Å². The highest BCUT2D eigenvalue weighted by Crippen LogP contribution is 2.35. The van der Waals surface area contributed by atoms with Crippen molar-refractivity contribution < 1.29 is 14.6 Å². The van der Waals surface area contributed by atoms with Crippen molar-refractivity contribution in [2.75, 3.05) is 7.11 Å². The number of rotatable bonds is 4. The molecule has 0 radical (unpaired) electrons. The van der Waals surface area contributed by atoms with Crippen molar-refractivity contribution in [3.8, 4) is 11.5 Å². The lowest BCUT2D eigenvalue weighted by Gasteiger charge is -2.28. The maximum absolute atomic E-state index is 9.99. The van der Waals surface area contributed by atoms with Crippen LogP contribution >= 0.6 is 0 Å². The van der Waals surface area contributed by atoms with E-state index in [0.29, 0.717) is 6.10 Å². The standard InChI is InChI=1S/C14H20O3/c1-14(2,15)10-7-8-12(16-3)13(9-10)17-11-5-4-6-11/h7-9,11,15H,4-6H2,1-3H3. The summed E-state index contributed by atoms with van der Waals surface area (Å²) in [6.07, 6.45) is 3.75. The second-order valence-electron chi connectivity index (χ2n) is 5.10. The molecule has 0 aliphatic heterocycles.